The Morgan fingerprint density at radius 2 is 2.30 bits per heavy atom. The molecule has 0 saturated carbocycles. The summed E-state index contributed by atoms with van der Waals surface area (Å²) in [6, 6.07) is 6.84. The predicted octanol–water partition coefficient (Wildman–Crippen LogP) is 3.45. The van der Waals surface area contributed by atoms with Gasteiger partial charge in [-0.1, -0.05) is 0 Å². The van der Waals surface area contributed by atoms with Crippen LogP contribution in [0.5, 0.6) is 0 Å². The van der Waals surface area contributed by atoms with E-state index >= 15 is 0 Å². The maximum Gasteiger partial charge on any atom is 0.295 e. The molecule has 0 unspecified atom stereocenters. The topological polar surface area (TPSA) is 81.2 Å². The molecule has 6 nitrogen and oxygen atoms in total. The second-order valence-electron chi connectivity index (χ2n) is 4.24. The summed E-state index contributed by atoms with van der Waals surface area (Å²) in [5, 5.41) is 17.9. The maximum atomic E-state index is 10.7. The van der Waals surface area contributed by atoms with Crippen molar-refractivity contribution in [3.8, 4) is 0 Å². The van der Waals surface area contributed by atoms with Gasteiger partial charge in [0.15, 0.2) is 5.58 Å². The lowest BCUT2D eigenvalue weighted by Gasteiger charge is -1.98. The van der Waals surface area contributed by atoms with Gasteiger partial charge in [0.1, 0.15) is 5.52 Å². The highest BCUT2D eigenvalue weighted by Crippen LogP contribution is 2.23. The molecule has 1 N–H and O–H groups in total. The molecule has 0 aliphatic rings. The van der Waals surface area contributed by atoms with Gasteiger partial charge >= 0.3 is 0 Å². The molecule has 0 aliphatic carbocycles. The Balaban J connectivity index is 1.70. The Morgan fingerprint density at radius 3 is 3.05 bits per heavy atom. The number of fused-ring (bicyclic) bond motifs is 1. The standard InChI is InChI=1S/C13H11N3O3S/c17-16(18)10-1-2-11-12(7-10)19-13(15-11)14-5-3-9-4-6-20-8-9/h1-2,4,6-8H,3,5H2,(H,14,15). The van der Waals surface area contributed by atoms with Crippen LogP contribution in [0.1, 0.15) is 5.56 Å². The first-order chi connectivity index (χ1) is 9.72. The molecule has 1 aromatic carbocycles. The van der Waals surface area contributed by atoms with Gasteiger partial charge in [-0.05, 0) is 34.9 Å². The predicted molar refractivity (Wildman–Crippen MR) is 77.2 cm³/mol. The number of hydrogen-bond donors (Lipinski definition) is 1. The minimum absolute atomic E-state index is 0.00141. The zero-order valence-electron chi connectivity index (χ0n) is 10.4. The molecule has 0 fully saturated rings. The lowest BCUT2D eigenvalue weighted by atomic mass is 10.2. The van der Waals surface area contributed by atoms with Crippen LogP contribution in [-0.2, 0) is 6.42 Å². The van der Waals surface area contributed by atoms with Crippen LogP contribution in [0.4, 0.5) is 11.7 Å². The lowest BCUT2D eigenvalue weighted by molar-refractivity contribution is -0.384. The summed E-state index contributed by atoms with van der Waals surface area (Å²) in [6.07, 6.45) is 0.877. The average Bonchev–Trinajstić information content (AvgIpc) is 3.06. The first kappa shape index (κ1) is 12.6. The Hall–Kier alpha value is -2.41. The molecule has 7 heteroatoms. The summed E-state index contributed by atoms with van der Waals surface area (Å²) < 4.78 is 5.45. The minimum atomic E-state index is -0.453. The van der Waals surface area contributed by atoms with E-state index in [1.54, 1.807) is 17.4 Å². The number of nitro groups is 1. The van der Waals surface area contributed by atoms with E-state index in [9.17, 15) is 10.1 Å². The van der Waals surface area contributed by atoms with Crippen molar-refractivity contribution in [1.82, 2.24) is 4.98 Å². The van der Waals surface area contributed by atoms with E-state index in [4.69, 9.17) is 4.42 Å². The SMILES string of the molecule is O=[N+]([O-])c1ccc2nc(NCCc3ccsc3)oc2c1. The molecule has 102 valence electrons. The molecule has 0 radical (unpaired) electrons. The average molecular weight is 289 g/mol. The van der Waals surface area contributed by atoms with Gasteiger partial charge in [-0.3, -0.25) is 10.1 Å². The van der Waals surface area contributed by atoms with Crippen LogP contribution in [0, 0.1) is 10.1 Å². The summed E-state index contributed by atoms with van der Waals surface area (Å²) in [7, 11) is 0. The van der Waals surface area contributed by atoms with E-state index in [2.05, 4.69) is 21.7 Å². The van der Waals surface area contributed by atoms with E-state index < -0.39 is 4.92 Å². The van der Waals surface area contributed by atoms with Crippen molar-refractivity contribution in [2.75, 3.05) is 11.9 Å². The molecule has 3 aromatic rings. The Labute approximate surface area is 118 Å². The maximum absolute atomic E-state index is 10.7. The summed E-state index contributed by atoms with van der Waals surface area (Å²) in [6.45, 7) is 0.700. The van der Waals surface area contributed by atoms with Crippen LogP contribution in [0.15, 0.2) is 39.4 Å². The summed E-state index contributed by atoms with van der Waals surface area (Å²) >= 11 is 1.66. The third-order valence-electron chi connectivity index (χ3n) is 2.85. The van der Waals surface area contributed by atoms with Crippen LogP contribution in [-0.4, -0.2) is 16.5 Å². The van der Waals surface area contributed by atoms with Gasteiger partial charge in [-0.2, -0.15) is 16.3 Å². The number of anilines is 1. The fourth-order valence-electron chi connectivity index (χ4n) is 1.85. The molecule has 20 heavy (non-hydrogen) atoms. The van der Waals surface area contributed by atoms with E-state index in [0.29, 0.717) is 23.7 Å². The summed E-state index contributed by atoms with van der Waals surface area (Å²) in [4.78, 5) is 14.5. The third-order valence-corrected chi connectivity index (χ3v) is 3.58. The van der Waals surface area contributed by atoms with Gasteiger partial charge in [0.25, 0.3) is 11.7 Å². The number of rotatable bonds is 5. The molecular formula is C13H11N3O3S. The first-order valence-corrected chi connectivity index (χ1v) is 6.96. The highest BCUT2D eigenvalue weighted by molar-refractivity contribution is 7.07. The van der Waals surface area contributed by atoms with Gasteiger partial charge in [-0.15, -0.1) is 0 Å². The highest BCUT2D eigenvalue weighted by Gasteiger charge is 2.11. The number of nitrogens with one attached hydrogen (secondary N) is 1. The quantitative estimate of drug-likeness (QED) is 0.574. The fourth-order valence-corrected chi connectivity index (χ4v) is 2.55. The fraction of sp³-hybridized carbons (Fsp3) is 0.154. The van der Waals surface area contributed by atoms with Crippen LogP contribution < -0.4 is 5.32 Å². The summed E-state index contributed by atoms with van der Waals surface area (Å²) in [5.74, 6) is 0. The second kappa shape index (κ2) is 5.30. The molecule has 3 rings (SSSR count). The van der Waals surface area contributed by atoms with Crippen LogP contribution >= 0.6 is 11.3 Å². The number of nitro benzene ring substituents is 1. The van der Waals surface area contributed by atoms with Crippen molar-refractivity contribution in [1.29, 1.82) is 0 Å². The van der Waals surface area contributed by atoms with Crippen molar-refractivity contribution in [3.05, 3.63) is 50.7 Å². The van der Waals surface area contributed by atoms with E-state index in [-0.39, 0.29) is 5.69 Å². The van der Waals surface area contributed by atoms with Crippen molar-refractivity contribution in [2.45, 2.75) is 6.42 Å². The van der Waals surface area contributed by atoms with E-state index in [0.717, 1.165) is 6.42 Å². The molecule has 2 heterocycles. The molecule has 0 atom stereocenters. The van der Waals surface area contributed by atoms with Gasteiger partial charge < -0.3 is 9.73 Å². The monoisotopic (exact) mass is 289 g/mol. The van der Waals surface area contributed by atoms with Gasteiger partial charge in [0.2, 0.25) is 0 Å². The van der Waals surface area contributed by atoms with Crippen molar-refractivity contribution in [2.24, 2.45) is 0 Å². The molecule has 0 saturated heterocycles. The first-order valence-electron chi connectivity index (χ1n) is 6.02. The molecule has 0 aliphatic heterocycles. The molecule has 2 aromatic heterocycles. The zero-order chi connectivity index (χ0) is 13.9. The van der Waals surface area contributed by atoms with Crippen LogP contribution in [0.2, 0.25) is 0 Å². The Kier molecular flexibility index (Phi) is 3.34. The van der Waals surface area contributed by atoms with E-state index in [1.165, 1.54) is 17.7 Å². The third kappa shape index (κ3) is 2.62. The smallest absolute Gasteiger partial charge is 0.295 e. The highest BCUT2D eigenvalue weighted by atomic mass is 32.1. The van der Waals surface area contributed by atoms with Crippen molar-refractivity contribution < 1.29 is 9.34 Å². The number of non-ortho nitro benzene ring substituents is 1. The normalized spacial score (nSPS) is 10.8. The molecule has 0 spiro atoms. The second-order valence-corrected chi connectivity index (χ2v) is 5.02. The van der Waals surface area contributed by atoms with Crippen LogP contribution in [0.25, 0.3) is 11.1 Å². The number of hydrogen-bond acceptors (Lipinski definition) is 6. The van der Waals surface area contributed by atoms with E-state index in [1.807, 2.05) is 5.38 Å². The minimum Gasteiger partial charge on any atom is -0.423 e. The van der Waals surface area contributed by atoms with Crippen molar-refractivity contribution in [3.63, 3.8) is 0 Å². The molecule has 0 amide bonds. The molecule has 0 bridgehead atoms. The Morgan fingerprint density at radius 1 is 1.40 bits per heavy atom. The van der Waals surface area contributed by atoms with Gasteiger partial charge in [-0.25, -0.2) is 0 Å². The van der Waals surface area contributed by atoms with Crippen LogP contribution in [0.3, 0.4) is 0 Å². The largest absolute Gasteiger partial charge is 0.423 e. The zero-order valence-corrected chi connectivity index (χ0v) is 11.2. The Bertz CT molecular complexity index is 736. The van der Waals surface area contributed by atoms with Crippen molar-refractivity contribution >= 4 is 34.1 Å². The number of thiophene rings is 1. The number of benzene rings is 1. The lowest BCUT2D eigenvalue weighted by Crippen LogP contribution is -2.04. The number of nitrogens with zero attached hydrogens (tertiary/aromatic N) is 2. The summed E-state index contributed by atoms with van der Waals surface area (Å²) in [5.41, 5.74) is 2.28. The van der Waals surface area contributed by atoms with Gasteiger partial charge in [0.05, 0.1) is 11.0 Å². The number of oxazole rings is 1. The molecular weight excluding hydrogens is 278 g/mol. The number of aromatic nitrogens is 1. The van der Waals surface area contributed by atoms with Gasteiger partial charge in [0, 0.05) is 12.6 Å².